The fourth-order valence-corrected chi connectivity index (χ4v) is 4.46. The van der Waals surface area contributed by atoms with Gasteiger partial charge in [0.2, 0.25) is 5.91 Å². The molecule has 0 aliphatic heterocycles. The van der Waals surface area contributed by atoms with Crippen molar-refractivity contribution >= 4 is 43.9 Å². The highest BCUT2D eigenvalue weighted by atomic mass is 79.9. The van der Waals surface area contributed by atoms with E-state index in [0.29, 0.717) is 6.42 Å². The third-order valence-corrected chi connectivity index (χ3v) is 5.76. The van der Waals surface area contributed by atoms with E-state index in [4.69, 9.17) is 5.73 Å². The molecule has 2 N–H and O–H groups in total. The van der Waals surface area contributed by atoms with Gasteiger partial charge in [0, 0.05) is 27.1 Å². The molecule has 3 aromatic rings. The second kappa shape index (κ2) is 6.23. The number of halogens is 1. The second-order valence-electron chi connectivity index (χ2n) is 5.39. The van der Waals surface area contributed by atoms with Gasteiger partial charge in [-0.3, -0.25) is 4.79 Å². The maximum atomic E-state index is 11.6. The number of hydrogen-bond acceptors (Lipinski definition) is 2. The van der Waals surface area contributed by atoms with Crippen molar-refractivity contribution in [3.8, 4) is 0 Å². The Hall–Kier alpha value is -1.65. The third-order valence-electron chi connectivity index (χ3n) is 3.95. The summed E-state index contributed by atoms with van der Waals surface area (Å²) in [5.74, 6) is -0.263. The molecule has 2 nitrogen and oxygen atoms in total. The molecule has 0 saturated carbocycles. The first-order chi connectivity index (χ1) is 10.6. The molecule has 2 aromatic carbocycles. The first kappa shape index (κ1) is 15.3. The first-order valence-corrected chi connectivity index (χ1v) is 8.74. The maximum Gasteiger partial charge on any atom is 0.218 e. The van der Waals surface area contributed by atoms with Crippen molar-refractivity contribution in [1.29, 1.82) is 0 Å². The normalized spacial score (nSPS) is 12.5. The van der Waals surface area contributed by atoms with Gasteiger partial charge in [-0.05, 0) is 50.8 Å². The number of rotatable bonds is 4. The largest absolute Gasteiger partial charge is 0.370 e. The Morgan fingerprint density at radius 2 is 2.05 bits per heavy atom. The van der Waals surface area contributed by atoms with Crippen LogP contribution in [0.25, 0.3) is 10.8 Å². The molecule has 112 valence electrons. The molecule has 0 bridgehead atoms. The van der Waals surface area contributed by atoms with Crippen LogP contribution in [-0.2, 0) is 4.79 Å². The van der Waals surface area contributed by atoms with Crippen LogP contribution in [0.15, 0.2) is 52.3 Å². The average molecular weight is 374 g/mol. The average Bonchev–Trinajstić information content (AvgIpc) is 2.92. The summed E-state index contributed by atoms with van der Waals surface area (Å²) in [5.41, 5.74) is 7.88. The predicted octanol–water partition coefficient (Wildman–Crippen LogP) is 4.98. The Kier molecular flexibility index (Phi) is 4.32. The van der Waals surface area contributed by atoms with Crippen LogP contribution < -0.4 is 5.73 Å². The van der Waals surface area contributed by atoms with Crippen molar-refractivity contribution in [2.45, 2.75) is 19.3 Å². The lowest BCUT2D eigenvalue weighted by molar-refractivity contribution is -0.118. The predicted molar refractivity (Wildman–Crippen MR) is 96.4 cm³/mol. The zero-order valence-corrected chi connectivity index (χ0v) is 14.6. The summed E-state index contributed by atoms with van der Waals surface area (Å²) < 4.78 is 1.04. The first-order valence-electron chi connectivity index (χ1n) is 7.06. The highest BCUT2D eigenvalue weighted by molar-refractivity contribution is 9.10. The van der Waals surface area contributed by atoms with E-state index in [2.05, 4.69) is 53.2 Å². The number of thiophene rings is 1. The van der Waals surface area contributed by atoms with Gasteiger partial charge >= 0.3 is 0 Å². The minimum atomic E-state index is -0.276. The number of benzene rings is 2. The fourth-order valence-electron chi connectivity index (χ4n) is 2.90. The van der Waals surface area contributed by atoms with Crippen molar-refractivity contribution in [3.05, 3.63) is 68.3 Å². The van der Waals surface area contributed by atoms with Crippen LogP contribution in [0.3, 0.4) is 0 Å². The number of nitrogens with two attached hydrogens (primary N) is 1. The number of primary amides is 1. The number of carbonyl (C=O) groups excluding carboxylic acids is 1. The van der Waals surface area contributed by atoms with Crippen LogP contribution in [0.4, 0.5) is 0 Å². The van der Waals surface area contributed by atoms with Crippen LogP contribution in [-0.4, -0.2) is 5.91 Å². The number of carbonyl (C=O) groups is 1. The topological polar surface area (TPSA) is 43.1 Å². The zero-order chi connectivity index (χ0) is 15.7. The van der Waals surface area contributed by atoms with Crippen molar-refractivity contribution in [2.75, 3.05) is 0 Å². The monoisotopic (exact) mass is 373 g/mol. The van der Waals surface area contributed by atoms with Gasteiger partial charge in [-0.1, -0.05) is 36.4 Å². The molecule has 3 rings (SSSR count). The molecule has 0 fully saturated rings. The van der Waals surface area contributed by atoms with Gasteiger partial charge < -0.3 is 5.73 Å². The van der Waals surface area contributed by atoms with E-state index < -0.39 is 0 Å². The van der Waals surface area contributed by atoms with Crippen molar-refractivity contribution < 1.29 is 4.79 Å². The molecular formula is C18H16BrNOS. The van der Waals surface area contributed by atoms with Gasteiger partial charge in [0.05, 0.1) is 0 Å². The molecule has 1 atom stereocenters. The highest BCUT2D eigenvalue weighted by Crippen LogP contribution is 2.37. The Bertz CT molecular complexity index is 840. The van der Waals surface area contributed by atoms with Crippen LogP contribution in [0.1, 0.15) is 28.3 Å². The summed E-state index contributed by atoms with van der Waals surface area (Å²) in [6.45, 7) is 2.12. The standard InChI is InChI=1S/C18H16BrNOS/c1-11-14-5-3-2-4-12(14)6-7-15(11)16(9-18(20)21)17-8-13(19)10-22-17/h2-8,10,16H,9H2,1H3,(H2,20,21). The van der Waals surface area contributed by atoms with Gasteiger partial charge in [0.15, 0.2) is 0 Å². The molecule has 0 aliphatic carbocycles. The molecule has 22 heavy (non-hydrogen) atoms. The van der Waals surface area contributed by atoms with Crippen molar-refractivity contribution in [1.82, 2.24) is 0 Å². The Labute approximate surface area is 142 Å². The highest BCUT2D eigenvalue weighted by Gasteiger charge is 2.21. The molecule has 0 saturated heterocycles. The smallest absolute Gasteiger partial charge is 0.218 e. The summed E-state index contributed by atoms with van der Waals surface area (Å²) >= 11 is 5.15. The van der Waals surface area contributed by atoms with Crippen molar-refractivity contribution in [3.63, 3.8) is 0 Å². The maximum absolute atomic E-state index is 11.6. The molecule has 1 heterocycles. The summed E-state index contributed by atoms with van der Waals surface area (Å²) in [6.07, 6.45) is 0.326. The van der Waals surface area contributed by atoms with E-state index in [-0.39, 0.29) is 11.8 Å². The van der Waals surface area contributed by atoms with Gasteiger partial charge in [0.25, 0.3) is 0 Å². The Morgan fingerprint density at radius 3 is 2.73 bits per heavy atom. The Balaban J connectivity index is 2.15. The zero-order valence-electron chi connectivity index (χ0n) is 12.2. The van der Waals surface area contributed by atoms with E-state index in [1.165, 1.54) is 21.9 Å². The molecule has 1 aromatic heterocycles. The molecule has 0 aliphatic rings. The van der Waals surface area contributed by atoms with Gasteiger partial charge in [-0.15, -0.1) is 11.3 Å². The van der Waals surface area contributed by atoms with Crippen LogP contribution in [0, 0.1) is 6.92 Å². The summed E-state index contributed by atoms with van der Waals surface area (Å²) in [7, 11) is 0. The second-order valence-corrected chi connectivity index (χ2v) is 7.25. The molecular weight excluding hydrogens is 358 g/mol. The van der Waals surface area contributed by atoms with Gasteiger partial charge in [-0.25, -0.2) is 0 Å². The molecule has 0 spiro atoms. The SMILES string of the molecule is Cc1c(C(CC(N)=O)c2cc(Br)cs2)ccc2ccccc12. The summed E-state index contributed by atoms with van der Waals surface area (Å²) in [6, 6.07) is 14.6. The number of aryl methyl sites for hydroxylation is 1. The van der Waals surface area contributed by atoms with E-state index in [1.807, 2.05) is 17.5 Å². The van der Waals surface area contributed by atoms with Gasteiger partial charge in [0.1, 0.15) is 0 Å². The molecule has 1 amide bonds. The minimum absolute atomic E-state index is 0.0124. The number of amides is 1. The van der Waals surface area contributed by atoms with E-state index >= 15 is 0 Å². The lowest BCUT2D eigenvalue weighted by Crippen LogP contribution is -2.16. The van der Waals surface area contributed by atoms with E-state index in [1.54, 1.807) is 11.3 Å². The lowest BCUT2D eigenvalue weighted by atomic mass is 9.88. The van der Waals surface area contributed by atoms with Crippen LogP contribution in [0.5, 0.6) is 0 Å². The fraction of sp³-hybridized carbons (Fsp3) is 0.167. The van der Waals surface area contributed by atoms with Crippen LogP contribution in [0.2, 0.25) is 0 Å². The van der Waals surface area contributed by atoms with Gasteiger partial charge in [-0.2, -0.15) is 0 Å². The molecule has 1 unspecified atom stereocenters. The van der Waals surface area contributed by atoms with E-state index in [9.17, 15) is 4.79 Å². The van der Waals surface area contributed by atoms with Crippen molar-refractivity contribution in [2.24, 2.45) is 5.73 Å². The molecule has 4 heteroatoms. The lowest BCUT2D eigenvalue weighted by Gasteiger charge is -2.18. The quantitative estimate of drug-likeness (QED) is 0.688. The molecule has 0 radical (unpaired) electrons. The number of fused-ring (bicyclic) bond motifs is 1. The summed E-state index contributed by atoms with van der Waals surface area (Å²) in [4.78, 5) is 12.7. The summed E-state index contributed by atoms with van der Waals surface area (Å²) in [5, 5.41) is 4.48. The Morgan fingerprint density at radius 1 is 1.27 bits per heavy atom. The third kappa shape index (κ3) is 2.94. The minimum Gasteiger partial charge on any atom is -0.370 e. The van der Waals surface area contributed by atoms with Crippen LogP contribution >= 0.6 is 27.3 Å². The van der Waals surface area contributed by atoms with E-state index in [0.717, 1.165) is 9.35 Å². The number of hydrogen-bond donors (Lipinski definition) is 1.